The molecule has 5 heteroatoms. The van der Waals surface area contributed by atoms with Gasteiger partial charge in [0.05, 0.1) is 13.2 Å². The number of hydrogen-bond donors (Lipinski definition) is 1. The largest absolute Gasteiger partial charge is 0.480 e. The molecule has 0 amide bonds. The normalized spacial score (nSPS) is 20.8. The molecule has 1 unspecified atom stereocenters. The molecule has 0 saturated carbocycles. The number of nitrogens with zero attached hydrogens (tertiary/aromatic N) is 1. The lowest BCUT2D eigenvalue weighted by Crippen LogP contribution is -2.50. The van der Waals surface area contributed by atoms with Crippen LogP contribution in [0.15, 0.2) is 24.3 Å². The molecule has 1 aromatic rings. The maximum Gasteiger partial charge on any atom is 0.328 e. The Morgan fingerprint density at radius 1 is 1.44 bits per heavy atom. The van der Waals surface area contributed by atoms with Crippen LogP contribution in [0.25, 0.3) is 0 Å². The van der Waals surface area contributed by atoms with E-state index in [1.807, 2.05) is 0 Å². The lowest BCUT2D eigenvalue weighted by atomic mass is 10.2. The number of carboxylic acids is 1. The molecule has 1 aliphatic heterocycles. The van der Waals surface area contributed by atoms with Gasteiger partial charge in [0.1, 0.15) is 5.82 Å². The lowest BCUT2D eigenvalue weighted by molar-refractivity contribution is -0.141. The molecule has 4 nitrogen and oxygen atoms in total. The minimum absolute atomic E-state index is 0.159. The second-order valence-corrected chi connectivity index (χ2v) is 3.60. The van der Waals surface area contributed by atoms with Crippen LogP contribution in [0.3, 0.4) is 0 Å². The highest BCUT2D eigenvalue weighted by atomic mass is 19.1. The molecular formula is C11H12FNO3. The number of ether oxygens (including phenoxy) is 1. The first-order valence-corrected chi connectivity index (χ1v) is 5.01. The van der Waals surface area contributed by atoms with Gasteiger partial charge in [0.2, 0.25) is 0 Å². The Balaban J connectivity index is 2.23. The molecule has 0 radical (unpaired) electrons. The summed E-state index contributed by atoms with van der Waals surface area (Å²) in [6.07, 6.45) is 0. The SMILES string of the molecule is O=C(O)C1COCCN1c1ccc(F)cc1. The third-order valence-electron chi connectivity index (χ3n) is 2.57. The van der Waals surface area contributed by atoms with E-state index >= 15 is 0 Å². The molecule has 1 aliphatic rings. The summed E-state index contributed by atoms with van der Waals surface area (Å²) in [5.41, 5.74) is 0.706. The van der Waals surface area contributed by atoms with Gasteiger partial charge < -0.3 is 14.7 Å². The molecule has 1 fully saturated rings. The number of morpholine rings is 1. The van der Waals surface area contributed by atoms with Crippen LogP contribution in [0.4, 0.5) is 10.1 Å². The van der Waals surface area contributed by atoms with Crippen LogP contribution in [-0.2, 0) is 9.53 Å². The quantitative estimate of drug-likeness (QED) is 0.819. The minimum atomic E-state index is -0.927. The number of rotatable bonds is 2. The van der Waals surface area contributed by atoms with Crippen molar-refractivity contribution in [2.45, 2.75) is 6.04 Å². The van der Waals surface area contributed by atoms with Gasteiger partial charge in [0.15, 0.2) is 6.04 Å². The summed E-state index contributed by atoms with van der Waals surface area (Å²) < 4.78 is 17.9. The number of aliphatic carboxylic acids is 1. The van der Waals surface area contributed by atoms with Gasteiger partial charge in [-0.2, -0.15) is 0 Å². The number of carboxylic acid groups (broad SMARTS) is 1. The minimum Gasteiger partial charge on any atom is -0.480 e. The Kier molecular flexibility index (Phi) is 3.05. The van der Waals surface area contributed by atoms with Crippen molar-refractivity contribution >= 4 is 11.7 Å². The molecule has 0 aliphatic carbocycles. The van der Waals surface area contributed by atoms with Crippen molar-refractivity contribution < 1.29 is 19.0 Å². The van der Waals surface area contributed by atoms with Crippen LogP contribution in [0, 0.1) is 5.82 Å². The van der Waals surface area contributed by atoms with Crippen molar-refractivity contribution in [2.24, 2.45) is 0 Å². The third-order valence-corrected chi connectivity index (χ3v) is 2.57. The number of hydrogen-bond acceptors (Lipinski definition) is 3. The second-order valence-electron chi connectivity index (χ2n) is 3.60. The fourth-order valence-electron chi connectivity index (χ4n) is 1.75. The Morgan fingerprint density at radius 3 is 2.75 bits per heavy atom. The van der Waals surface area contributed by atoms with Crippen LogP contribution in [0.1, 0.15) is 0 Å². The van der Waals surface area contributed by atoms with E-state index in [2.05, 4.69) is 0 Å². The number of benzene rings is 1. The fourth-order valence-corrected chi connectivity index (χ4v) is 1.75. The van der Waals surface area contributed by atoms with Gasteiger partial charge in [0.25, 0.3) is 0 Å². The third kappa shape index (κ3) is 2.14. The molecule has 1 saturated heterocycles. The maximum absolute atomic E-state index is 12.8. The second kappa shape index (κ2) is 4.49. The van der Waals surface area contributed by atoms with Crippen molar-refractivity contribution in [3.63, 3.8) is 0 Å². The molecular weight excluding hydrogens is 213 g/mol. The number of carbonyl (C=O) groups is 1. The molecule has 0 bridgehead atoms. The number of anilines is 1. The zero-order chi connectivity index (χ0) is 11.5. The molecule has 1 aromatic carbocycles. The van der Waals surface area contributed by atoms with Crippen LogP contribution < -0.4 is 4.90 Å². The Labute approximate surface area is 92.2 Å². The molecule has 1 N–H and O–H groups in total. The highest BCUT2D eigenvalue weighted by Gasteiger charge is 2.29. The molecule has 0 aromatic heterocycles. The van der Waals surface area contributed by atoms with E-state index in [4.69, 9.17) is 9.84 Å². The van der Waals surface area contributed by atoms with Crippen molar-refractivity contribution in [3.05, 3.63) is 30.1 Å². The summed E-state index contributed by atoms with van der Waals surface area (Å²) >= 11 is 0. The summed E-state index contributed by atoms with van der Waals surface area (Å²) in [7, 11) is 0. The highest BCUT2D eigenvalue weighted by molar-refractivity contribution is 5.78. The molecule has 1 atom stereocenters. The summed E-state index contributed by atoms with van der Waals surface area (Å²) in [5.74, 6) is -1.26. The molecule has 16 heavy (non-hydrogen) atoms. The summed E-state index contributed by atoms with van der Waals surface area (Å²) in [6.45, 7) is 1.15. The van der Waals surface area contributed by atoms with E-state index < -0.39 is 12.0 Å². The van der Waals surface area contributed by atoms with Gasteiger partial charge in [-0.05, 0) is 24.3 Å². The molecule has 1 heterocycles. The van der Waals surface area contributed by atoms with Crippen LogP contribution in [0.5, 0.6) is 0 Å². The fraction of sp³-hybridized carbons (Fsp3) is 0.364. The van der Waals surface area contributed by atoms with Gasteiger partial charge in [-0.3, -0.25) is 0 Å². The van der Waals surface area contributed by atoms with E-state index in [9.17, 15) is 9.18 Å². The maximum atomic E-state index is 12.8. The zero-order valence-corrected chi connectivity index (χ0v) is 8.60. The van der Waals surface area contributed by atoms with Crippen molar-refractivity contribution in [3.8, 4) is 0 Å². The van der Waals surface area contributed by atoms with Gasteiger partial charge in [-0.1, -0.05) is 0 Å². The van der Waals surface area contributed by atoms with E-state index in [-0.39, 0.29) is 12.4 Å². The molecule has 2 rings (SSSR count). The first kappa shape index (κ1) is 10.9. The van der Waals surface area contributed by atoms with E-state index in [1.165, 1.54) is 12.1 Å². The van der Waals surface area contributed by atoms with Crippen molar-refractivity contribution in [2.75, 3.05) is 24.7 Å². The van der Waals surface area contributed by atoms with E-state index in [0.29, 0.717) is 18.8 Å². The van der Waals surface area contributed by atoms with Gasteiger partial charge in [-0.25, -0.2) is 9.18 Å². The Hall–Kier alpha value is -1.62. The van der Waals surface area contributed by atoms with Crippen molar-refractivity contribution in [1.82, 2.24) is 0 Å². The predicted octanol–water partition coefficient (Wildman–Crippen LogP) is 1.12. The van der Waals surface area contributed by atoms with E-state index in [1.54, 1.807) is 17.0 Å². The molecule has 86 valence electrons. The predicted molar refractivity (Wildman–Crippen MR) is 56.0 cm³/mol. The van der Waals surface area contributed by atoms with Crippen LogP contribution in [-0.4, -0.2) is 36.9 Å². The molecule has 0 spiro atoms. The first-order valence-electron chi connectivity index (χ1n) is 5.01. The van der Waals surface area contributed by atoms with Gasteiger partial charge in [0, 0.05) is 12.2 Å². The average Bonchev–Trinajstić information content (AvgIpc) is 2.30. The van der Waals surface area contributed by atoms with Gasteiger partial charge in [-0.15, -0.1) is 0 Å². The Morgan fingerprint density at radius 2 is 2.12 bits per heavy atom. The summed E-state index contributed by atoms with van der Waals surface area (Å²) in [4.78, 5) is 12.7. The van der Waals surface area contributed by atoms with Crippen LogP contribution >= 0.6 is 0 Å². The average molecular weight is 225 g/mol. The van der Waals surface area contributed by atoms with Crippen LogP contribution in [0.2, 0.25) is 0 Å². The monoisotopic (exact) mass is 225 g/mol. The van der Waals surface area contributed by atoms with Crippen molar-refractivity contribution in [1.29, 1.82) is 0 Å². The summed E-state index contributed by atoms with van der Waals surface area (Å²) in [6, 6.07) is 5.11. The lowest BCUT2D eigenvalue weighted by Gasteiger charge is -2.34. The zero-order valence-electron chi connectivity index (χ0n) is 8.60. The first-order chi connectivity index (χ1) is 7.68. The summed E-state index contributed by atoms with van der Waals surface area (Å²) in [5, 5.41) is 9.03. The van der Waals surface area contributed by atoms with Gasteiger partial charge >= 0.3 is 5.97 Å². The number of halogens is 1. The smallest absolute Gasteiger partial charge is 0.328 e. The Bertz CT molecular complexity index is 379. The topological polar surface area (TPSA) is 49.8 Å². The van der Waals surface area contributed by atoms with E-state index in [0.717, 1.165) is 0 Å². The standard InChI is InChI=1S/C11H12FNO3/c12-8-1-3-9(4-2-8)13-5-6-16-7-10(13)11(14)15/h1-4,10H,5-7H2,(H,14,15). The highest BCUT2D eigenvalue weighted by Crippen LogP contribution is 2.20.